The van der Waals surface area contributed by atoms with Crippen LogP contribution in [0.15, 0.2) is 30.3 Å². The molecule has 1 heterocycles. The zero-order chi connectivity index (χ0) is 14.6. The first-order valence-electron chi connectivity index (χ1n) is 6.78. The van der Waals surface area contributed by atoms with Crippen molar-refractivity contribution in [1.82, 2.24) is 0 Å². The second-order valence-corrected chi connectivity index (χ2v) is 5.33. The topological polar surface area (TPSA) is 58.9 Å². The molecule has 1 unspecified atom stereocenters. The predicted molar refractivity (Wildman–Crippen MR) is 71.9 cm³/mol. The molecule has 1 fully saturated rings. The number of rotatable bonds is 5. The van der Waals surface area contributed by atoms with Crippen LogP contribution in [-0.4, -0.2) is 47.9 Å². The van der Waals surface area contributed by atoms with Gasteiger partial charge in [0.15, 0.2) is 0 Å². The molecule has 2 rings (SSSR count). The molecule has 1 aromatic carbocycles. The van der Waals surface area contributed by atoms with Gasteiger partial charge in [0.1, 0.15) is 17.9 Å². The van der Waals surface area contributed by atoms with E-state index in [2.05, 4.69) is 0 Å². The SMILES string of the molecule is C[C@H]1COC(CO)(CO)C(OCc2ccccc2)[C@H]1F. The largest absolute Gasteiger partial charge is 0.393 e. The Morgan fingerprint density at radius 3 is 2.55 bits per heavy atom. The van der Waals surface area contributed by atoms with Gasteiger partial charge in [0.05, 0.1) is 26.4 Å². The highest BCUT2D eigenvalue weighted by Gasteiger charge is 2.50. The highest BCUT2D eigenvalue weighted by atomic mass is 19.1. The van der Waals surface area contributed by atoms with Crippen molar-refractivity contribution in [2.75, 3.05) is 19.8 Å². The van der Waals surface area contributed by atoms with Gasteiger partial charge in [0.25, 0.3) is 0 Å². The van der Waals surface area contributed by atoms with Crippen LogP contribution in [0.5, 0.6) is 0 Å². The predicted octanol–water partition coefficient (Wildman–Crippen LogP) is 1.30. The second-order valence-electron chi connectivity index (χ2n) is 5.33. The first-order valence-corrected chi connectivity index (χ1v) is 6.78. The Morgan fingerprint density at radius 2 is 1.95 bits per heavy atom. The van der Waals surface area contributed by atoms with Crippen molar-refractivity contribution in [3.8, 4) is 0 Å². The van der Waals surface area contributed by atoms with Crippen molar-refractivity contribution in [1.29, 1.82) is 0 Å². The van der Waals surface area contributed by atoms with Gasteiger partial charge in [0, 0.05) is 5.92 Å². The third-order valence-electron chi connectivity index (χ3n) is 3.79. The van der Waals surface area contributed by atoms with E-state index in [-0.39, 0.29) is 19.1 Å². The van der Waals surface area contributed by atoms with E-state index >= 15 is 0 Å². The minimum Gasteiger partial charge on any atom is -0.393 e. The van der Waals surface area contributed by atoms with Crippen molar-refractivity contribution < 1.29 is 24.1 Å². The monoisotopic (exact) mass is 284 g/mol. The van der Waals surface area contributed by atoms with E-state index in [4.69, 9.17) is 9.47 Å². The number of hydrogen-bond acceptors (Lipinski definition) is 4. The number of halogens is 1. The Morgan fingerprint density at radius 1 is 1.30 bits per heavy atom. The van der Waals surface area contributed by atoms with Crippen molar-refractivity contribution >= 4 is 0 Å². The quantitative estimate of drug-likeness (QED) is 0.855. The summed E-state index contributed by atoms with van der Waals surface area (Å²) in [6.07, 6.45) is -2.27. The summed E-state index contributed by atoms with van der Waals surface area (Å²) in [7, 11) is 0. The standard InChI is InChI=1S/C15H21FO4/c1-11-7-20-15(9-17,10-18)14(13(11)16)19-8-12-5-3-2-4-6-12/h2-6,11,13-14,17-18H,7-10H2,1H3/t11-,13-,14?/m0/s1. The Bertz CT molecular complexity index is 408. The van der Waals surface area contributed by atoms with E-state index in [0.29, 0.717) is 0 Å². The summed E-state index contributed by atoms with van der Waals surface area (Å²) in [4.78, 5) is 0. The molecule has 0 aromatic heterocycles. The summed E-state index contributed by atoms with van der Waals surface area (Å²) < 4.78 is 25.5. The third-order valence-corrected chi connectivity index (χ3v) is 3.79. The lowest BCUT2D eigenvalue weighted by Crippen LogP contribution is -2.62. The molecule has 0 saturated carbocycles. The van der Waals surface area contributed by atoms with Crippen molar-refractivity contribution in [2.24, 2.45) is 5.92 Å². The summed E-state index contributed by atoms with van der Waals surface area (Å²) >= 11 is 0. The van der Waals surface area contributed by atoms with Crippen molar-refractivity contribution in [2.45, 2.75) is 31.4 Å². The smallest absolute Gasteiger partial charge is 0.143 e. The minimum absolute atomic E-state index is 0.160. The molecule has 3 atom stereocenters. The van der Waals surface area contributed by atoms with Gasteiger partial charge in [-0.05, 0) is 5.56 Å². The van der Waals surface area contributed by atoms with Crippen LogP contribution in [0.4, 0.5) is 4.39 Å². The highest BCUT2D eigenvalue weighted by Crippen LogP contribution is 2.33. The molecule has 2 N–H and O–H groups in total. The molecule has 5 heteroatoms. The lowest BCUT2D eigenvalue weighted by Gasteiger charge is -2.45. The average Bonchev–Trinajstić information content (AvgIpc) is 2.50. The number of aliphatic hydroxyl groups is 2. The first kappa shape index (κ1) is 15.4. The first-order chi connectivity index (χ1) is 9.63. The maximum absolute atomic E-state index is 14.4. The zero-order valence-corrected chi connectivity index (χ0v) is 11.5. The van der Waals surface area contributed by atoms with E-state index in [1.807, 2.05) is 30.3 Å². The summed E-state index contributed by atoms with van der Waals surface area (Å²) in [6, 6.07) is 9.38. The van der Waals surface area contributed by atoms with Crippen LogP contribution < -0.4 is 0 Å². The molecule has 0 radical (unpaired) electrons. The molecule has 112 valence electrons. The minimum atomic E-state index is -1.37. The van der Waals surface area contributed by atoms with Gasteiger partial charge >= 0.3 is 0 Å². The molecule has 4 nitrogen and oxygen atoms in total. The molecule has 1 aliphatic heterocycles. The molecule has 0 bridgehead atoms. The fourth-order valence-corrected chi connectivity index (χ4v) is 2.39. The number of alkyl halides is 1. The van der Waals surface area contributed by atoms with Gasteiger partial charge in [0.2, 0.25) is 0 Å². The van der Waals surface area contributed by atoms with Crippen molar-refractivity contribution in [3.63, 3.8) is 0 Å². The van der Waals surface area contributed by atoms with E-state index in [9.17, 15) is 14.6 Å². The van der Waals surface area contributed by atoms with E-state index in [1.54, 1.807) is 6.92 Å². The van der Waals surface area contributed by atoms with Crippen LogP contribution in [0.1, 0.15) is 12.5 Å². The van der Waals surface area contributed by atoms with Crippen LogP contribution >= 0.6 is 0 Å². The fraction of sp³-hybridized carbons (Fsp3) is 0.600. The van der Waals surface area contributed by atoms with Gasteiger partial charge in [-0.1, -0.05) is 37.3 Å². The van der Waals surface area contributed by atoms with Crippen LogP contribution in [0.2, 0.25) is 0 Å². The average molecular weight is 284 g/mol. The van der Waals surface area contributed by atoms with Gasteiger partial charge in [-0.3, -0.25) is 0 Å². The molecule has 0 spiro atoms. The second kappa shape index (κ2) is 6.63. The molecule has 0 amide bonds. The highest BCUT2D eigenvalue weighted by molar-refractivity contribution is 5.13. The summed E-state index contributed by atoms with van der Waals surface area (Å²) in [5, 5.41) is 19.0. The summed E-state index contributed by atoms with van der Waals surface area (Å²) in [6.45, 7) is 1.14. The third kappa shape index (κ3) is 3.01. The normalized spacial score (nSPS) is 29.3. The zero-order valence-electron chi connectivity index (χ0n) is 11.5. The van der Waals surface area contributed by atoms with Gasteiger partial charge in [-0.15, -0.1) is 0 Å². The maximum Gasteiger partial charge on any atom is 0.143 e. The fourth-order valence-electron chi connectivity index (χ4n) is 2.39. The Balaban J connectivity index is 2.11. The Kier molecular flexibility index (Phi) is 5.10. The molecule has 1 saturated heterocycles. The molecule has 1 aliphatic rings. The summed E-state index contributed by atoms with van der Waals surface area (Å²) in [5.41, 5.74) is -0.469. The van der Waals surface area contributed by atoms with Crippen LogP contribution in [0, 0.1) is 5.92 Å². The number of benzene rings is 1. The Labute approximate surface area is 118 Å². The lowest BCUT2D eigenvalue weighted by atomic mass is 9.85. The van der Waals surface area contributed by atoms with Crippen LogP contribution in [-0.2, 0) is 16.1 Å². The van der Waals surface area contributed by atoms with Gasteiger partial charge in [-0.25, -0.2) is 4.39 Å². The molecule has 1 aromatic rings. The molecule has 20 heavy (non-hydrogen) atoms. The van der Waals surface area contributed by atoms with Gasteiger partial charge in [-0.2, -0.15) is 0 Å². The maximum atomic E-state index is 14.4. The number of ether oxygens (including phenoxy) is 2. The van der Waals surface area contributed by atoms with E-state index in [0.717, 1.165) is 5.56 Å². The van der Waals surface area contributed by atoms with Gasteiger partial charge < -0.3 is 19.7 Å². The van der Waals surface area contributed by atoms with Crippen LogP contribution in [0.25, 0.3) is 0 Å². The number of aliphatic hydroxyl groups excluding tert-OH is 2. The van der Waals surface area contributed by atoms with E-state index < -0.39 is 31.1 Å². The lowest BCUT2D eigenvalue weighted by molar-refractivity contribution is -0.246. The Hall–Kier alpha value is -1.01. The number of hydrogen-bond donors (Lipinski definition) is 2. The van der Waals surface area contributed by atoms with Crippen LogP contribution in [0.3, 0.4) is 0 Å². The molecular weight excluding hydrogens is 263 g/mol. The molecular formula is C15H21FO4. The van der Waals surface area contributed by atoms with Crippen molar-refractivity contribution in [3.05, 3.63) is 35.9 Å². The summed E-state index contributed by atoms with van der Waals surface area (Å²) in [5.74, 6) is -0.331. The molecule has 0 aliphatic carbocycles. The van der Waals surface area contributed by atoms with E-state index in [1.165, 1.54) is 0 Å².